The highest BCUT2D eigenvalue weighted by Gasteiger charge is 2.05. The van der Waals surface area contributed by atoms with Crippen molar-refractivity contribution < 1.29 is 4.79 Å². The van der Waals surface area contributed by atoms with Crippen LogP contribution in [0, 0.1) is 0 Å². The Morgan fingerprint density at radius 3 is 1.95 bits per heavy atom. The van der Waals surface area contributed by atoms with Gasteiger partial charge in [-0.3, -0.25) is 4.79 Å². The largest absolute Gasteiger partial charge is 0.299 e. The maximum atomic E-state index is 11.8. The second kappa shape index (κ2) is 13.9. The van der Waals surface area contributed by atoms with Gasteiger partial charge in [0.1, 0.15) is 5.78 Å². The summed E-state index contributed by atoms with van der Waals surface area (Å²) < 4.78 is 0. The van der Waals surface area contributed by atoms with Crippen molar-refractivity contribution in [3.05, 3.63) is 16.6 Å². The first-order valence-corrected chi connectivity index (χ1v) is 10.1. The fourth-order valence-electron chi connectivity index (χ4n) is 2.76. The minimum Gasteiger partial charge on any atom is -0.299 e. The second-order valence-electron chi connectivity index (χ2n) is 6.28. The zero-order valence-corrected chi connectivity index (χ0v) is 15.1. The SMILES string of the molecule is CCCCCCCCCCCCCCC(=O)Cc1nccs1. The van der Waals surface area contributed by atoms with Crippen LogP contribution >= 0.6 is 11.3 Å². The predicted octanol–water partition coefficient (Wildman–Crippen LogP) is 6.35. The number of hydrogen-bond acceptors (Lipinski definition) is 3. The number of ketones is 1. The molecule has 1 heterocycles. The van der Waals surface area contributed by atoms with Gasteiger partial charge >= 0.3 is 0 Å². The monoisotopic (exact) mass is 323 g/mol. The van der Waals surface area contributed by atoms with Gasteiger partial charge in [-0.25, -0.2) is 4.98 Å². The molecule has 0 atom stereocenters. The molecule has 0 unspecified atom stereocenters. The maximum Gasteiger partial charge on any atom is 0.139 e. The van der Waals surface area contributed by atoms with Crippen molar-refractivity contribution in [3.8, 4) is 0 Å². The molecule has 0 aliphatic carbocycles. The fourth-order valence-corrected chi connectivity index (χ4v) is 3.41. The smallest absolute Gasteiger partial charge is 0.139 e. The van der Waals surface area contributed by atoms with E-state index < -0.39 is 0 Å². The van der Waals surface area contributed by atoms with Crippen molar-refractivity contribution in [3.63, 3.8) is 0 Å². The third-order valence-electron chi connectivity index (χ3n) is 4.14. The topological polar surface area (TPSA) is 30.0 Å². The highest BCUT2D eigenvalue weighted by atomic mass is 32.1. The Bertz CT molecular complexity index is 362. The second-order valence-corrected chi connectivity index (χ2v) is 7.26. The maximum absolute atomic E-state index is 11.8. The summed E-state index contributed by atoms with van der Waals surface area (Å²) in [6, 6.07) is 0. The van der Waals surface area contributed by atoms with Crippen molar-refractivity contribution in [1.29, 1.82) is 0 Å². The summed E-state index contributed by atoms with van der Waals surface area (Å²) in [4.78, 5) is 15.9. The summed E-state index contributed by atoms with van der Waals surface area (Å²) in [5, 5.41) is 2.90. The molecule has 0 aromatic carbocycles. The molecular formula is C19H33NOS. The quantitative estimate of drug-likeness (QED) is 0.352. The van der Waals surface area contributed by atoms with Crippen LogP contribution in [0.1, 0.15) is 95.4 Å². The van der Waals surface area contributed by atoms with E-state index in [2.05, 4.69) is 11.9 Å². The van der Waals surface area contributed by atoms with E-state index in [4.69, 9.17) is 0 Å². The molecule has 0 spiro atoms. The van der Waals surface area contributed by atoms with Crippen LogP contribution in [-0.4, -0.2) is 10.8 Å². The normalized spacial score (nSPS) is 11.0. The number of Topliss-reactive ketones (excluding diaryl/α,β-unsaturated/α-hetero) is 1. The van der Waals surface area contributed by atoms with Crippen LogP contribution in [0.3, 0.4) is 0 Å². The number of rotatable bonds is 15. The Kier molecular flexibility index (Phi) is 12.2. The Balaban J connectivity index is 1.79. The molecule has 0 bridgehead atoms. The van der Waals surface area contributed by atoms with E-state index in [0.717, 1.165) is 17.8 Å². The zero-order chi connectivity index (χ0) is 15.9. The van der Waals surface area contributed by atoms with E-state index in [1.54, 1.807) is 17.5 Å². The van der Waals surface area contributed by atoms with E-state index in [1.165, 1.54) is 70.6 Å². The molecule has 0 aliphatic rings. The lowest BCUT2D eigenvalue weighted by molar-refractivity contribution is -0.118. The van der Waals surface area contributed by atoms with Gasteiger partial charge < -0.3 is 0 Å². The number of hydrogen-bond donors (Lipinski definition) is 0. The van der Waals surface area contributed by atoms with Crippen LogP contribution in [0.25, 0.3) is 0 Å². The molecule has 0 N–H and O–H groups in total. The van der Waals surface area contributed by atoms with E-state index in [0.29, 0.717) is 12.2 Å². The molecular weight excluding hydrogens is 290 g/mol. The first kappa shape index (κ1) is 19.3. The summed E-state index contributed by atoms with van der Waals surface area (Å²) in [5.41, 5.74) is 0. The molecule has 0 saturated carbocycles. The van der Waals surface area contributed by atoms with Gasteiger partial charge in [-0.05, 0) is 6.42 Å². The van der Waals surface area contributed by atoms with Crippen molar-refractivity contribution in [2.24, 2.45) is 0 Å². The molecule has 1 aromatic rings. The Labute approximate surface area is 140 Å². The lowest BCUT2D eigenvalue weighted by Crippen LogP contribution is -2.01. The van der Waals surface area contributed by atoms with Crippen molar-refractivity contribution in [1.82, 2.24) is 4.98 Å². The lowest BCUT2D eigenvalue weighted by atomic mass is 10.0. The van der Waals surface area contributed by atoms with Crippen molar-refractivity contribution in [2.75, 3.05) is 0 Å². The van der Waals surface area contributed by atoms with Gasteiger partial charge in [0, 0.05) is 18.0 Å². The van der Waals surface area contributed by atoms with Crippen LogP contribution in [-0.2, 0) is 11.2 Å². The average Bonchev–Trinajstić information content (AvgIpc) is 3.01. The van der Waals surface area contributed by atoms with Crippen molar-refractivity contribution in [2.45, 2.75) is 96.8 Å². The molecule has 1 rings (SSSR count). The standard InChI is InChI=1S/C19H33NOS/c1-2-3-4-5-6-7-8-9-10-11-12-13-14-18(21)17-19-20-15-16-22-19/h15-16H,2-14,17H2,1H3. The molecule has 0 saturated heterocycles. The highest BCUT2D eigenvalue weighted by molar-refractivity contribution is 7.09. The number of carbonyl (C=O) groups excluding carboxylic acids is 1. The molecule has 22 heavy (non-hydrogen) atoms. The van der Waals surface area contributed by atoms with Crippen LogP contribution in [0.5, 0.6) is 0 Å². The third kappa shape index (κ3) is 10.9. The minimum absolute atomic E-state index is 0.349. The van der Waals surface area contributed by atoms with Crippen LogP contribution < -0.4 is 0 Å². The Morgan fingerprint density at radius 1 is 0.909 bits per heavy atom. The summed E-state index contributed by atoms with van der Waals surface area (Å²) in [6.07, 6.45) is 19.1. The van der Waals surface area contributed by atoms with Crippen molar-refractivity contribution >= 4 is 17.1 Å². The van der Waals surface area contributed by atoms with Crippen LogP contribution in [0.4, 0.5) is 0 Å². The van der Waals surface area contributed by atoms with E-state index in [-0.39, 0.29) is 0 Å². The fraction of sp³-hybridized carbons (Fsp3) is 0.789. The molecule has 0 amide bonds. The van der Waals surface area contributed by atoms with Crippen LogP contribution in [0.2, 0.25) is 0 Å². The van der Waals surface area contributed by atoms with Crippen LogP contribution in [0.15, 0.2) is 11.6 Å². The van der Waals surface area contributed by atoms with Gasteiger partial charge in [0.15, 0.2) is 0 Å². The summed E-state index contributed by atoms with van der Waals surface area (Å²) in [5.74, 6) is 0.349. The lowest BCUT2D eigenvalue weighted by Gasteiger charge is -2.02. The third-order valence-corrected chi connectivity index (χ3v) is 4.92. The molecule has 0 radical (unpaired) electrons. The number of thiazole rings is 1. The van der Waals surface area contributed by atoms with Gasteiger partial charge in [0.2, 0.25) is 0 Å². The number of nitrogens with zero attached hydrogens (tertiary/aromatic N) is 1. The number of aromatic nitrogens is 1. The Morgan fingerprint density at radius 2 is 1.45 bits per heavy atom. The molecule has 0 fully saturated rings. The number of carbonyl (C=O) groups is 1. The molecule has 0 aliphatic heterocycles. The average molecular weight is 324 g/mol. The first-order valence-electron chi connectivity index (χ1n) is 9.23. The van der Waals surface area contributed by atoms with E-state index in [9.17, 15) is 4.79 Å². The number of unbranched alkanes of at least 4 members (excludes halogenated alkanes) is 11. The Hall–Kier alpha value is -0.700. The van der Waals surface area contributed by atoms with Gasteiger partial charge in [0.25, 0.3) is 0 Å². The minimum atomic E-state index is 0.349. The molecule has 2 nitrogen and oxygen atoms in total. The molecule has 126 valence electrons. The van der Waals surface area contributed by atoms with Gasteiger partial charge in [0.05, 0.1) is 11.4 Å². The molecule has 1 aromatic heterocycles. The molecule has 3 heteroatoms. The van der Waals surface area contributed by atoms with Gasteiger partial charge in [-0.2, -0.15) is 0 Å². The van der Waals surface area contributed by atoms with E-state index in [1.807, 2.05) is 5.38 Å². The zero-order valence-electron chi connectivity index (χ0n) is 14.3. The summed E-state index contributed by atoms with van der Waals surface area (Å²) in [7, 11) is 0. The van der Waals surface area contributed by atoms with Gasteiger partial charge in [-0.1, -0.05) is 77.6 Å². The van der Waals surface area contributed by atoms with Gasteiger partial charge in [-0.15, -0.1) is 11.3 Å². The first-order chi connectivity index (χ1) is 10.8. The van der Waals surface area contributed by atoms with E-state index >= 15 is 0 Å². The highest BCUT2D eigenvalue weighted by Crippen LogP contribution is 2.13. The summed E-state index contributed by atoms with van der Waals surface area (Å²) >= 11 is 1.58. The summed E-state index contributed by atoms with van der Waals surface area (Å²) in [6.45, 7) is 2.27. The predicted molar refractivity (Wildman–Crippen MR) is 96.5 cm³/mol.